The van der Waals surface area contributed by atoms with E-state index in [-0.39, 0.29) is 5.75 Å². The highest BCUT2D eigenvalue weighted by atomic mass is 32.1. The number of phenols is 1. The minimum Gasteiger partial charge on any atom is -0.507 e. The fourth-order valence-electron chi connectivity index (χ4n) is 2.27. The molecule has 3 N–H and O–H groups in total. The lowest BCUT2D eigenvalue weighted by Crippen LogP contribution is -2.20. The van der Waals surface area contributed by atoms with Gasteiger partial charge in [0.25, 0.3) is 5.56 Å². The summed E-state index contributed by atoms with van der Waals surface area (Å²) in [4.78, 5) is 37.3. The third-order valence-electron chi connectivity index (χ3n) is 3.25. The Morgan fingerprint density at radius 3 is 2.77 bits per heavy atom. The van der Waals surface area contributed by atoms with E-state index in [2.05, 4.69) is 19.9 Å². The number of aromatic amines is 2. The Morgan fingerprint density at radius 1 is 1.14 bits per heavy atom. The van der Waals surface area contributed by atoms with E-state index in [1.807, 2.05) is 0 Å². The van der Waals surface area contributed by atoms with Crippen LogP contribution in [0.4, 0.5) is 0 Å². The van der Waals surface area contributed by atoms with Crippen LogP contribution in [-0.4, -0.2) is 25.0 Å². The molecule has 0 unspecified atom stereocenters. The molecular formula is C14H8N4O3S. The van der Waals surface area contributed by atoms with E-state index in [9.17, 15) is 14.7 Å². The highest BCUT2D eigenvalue weighted by molar-refractivity contribution is 7.25. The minimum absolute atomic E-state index is 0.0852. The highest BCUT2D eigenvalue weighted by Crippen LogP contribution is 2.31. The summed E-state index contributed by atoms with van der Waals surface area (Å²) in [6.45, 7) is 0. The van der Waals surface area contributed by atoms with E-state index < -0.39 is 11.2 Å². The number of nitrogens with one attached hydrogen (secondary N) is 2. The first-order valence-electron chi connectivity index (χ1n) is 6.34. The van der Waals surface area contributed by atoms with Gasteiger partial charge in [-0.2, -0.15) is 0 Å². The molecule has 4 rings (SSSR count). The fraction of sp³-hybridized carbons (Fsp3) is 0. The van der Waals surface area contributed by atoms with Crippen molar-refractivity contribution in [1.29, 1.82) is 0 Å². The van der Waals surface area contributed by atoms with E-state index in [4.69, 9.17) is 0 Å². The molecule has 22 heavy (non-hydrogen) atoms. The monoisotopic (exact) mass is 312 g/mol. The Morgan fingerprint density at radius 2 is 1.95 bits per heavy atom. The maximum atomic E-state index is 11.8. The van der Waals surface area contributed by atoms with Crippen molar-refractivity contribution in [3.8, 4) is 17.0 Å². The smallest absolute Gasteiger partial charge is 0.326 e. The average molecular weight is 312 g/mol. The van der Waals surface area contributed by atoms with Crippen molar-refractivity contribution in [2.45, 2.75) is 0 Å². The number of hydrogen-bond acceptors (Lipinski definition) is 6. The van der Waals surface area contributed by atoms with Crippen molar-refractivity contribution in [1.82, 2.24) is 19.9 Å². The molecule has 0 radical (unpaired) electrons. The number of rotatable bonds is 1. The van der Waals surface area contributed by atoms with E-state index in [0.29, 0.717) is 31.8 Å². The molecule has 0 aliphatic heterocycles. The second-order valence-corrected chi connectivity index (χ2v) is 5.64. The second-order valence-electron chi connectivity index (χ2n) is 4.64. The second kappa shape index (κ2) is 4.50. The number of aromatic nitrogens is 4. The maximum absolute atomic E-state index is 11.8. The van der Waals surface area contributed by atoms with Crippen LogP contribution in [0.25, 0.3) is 31.8 Å². The van der Waals surface area contributed by atoms with Gasteiger partial charge in [0.1, 0.15) is 20.8 Å². The molecule has 3 aromatic heterocycles. The van der Waals surface area contributed by atoms with Crippen LogP contribution in [0.15, 0.2) is 40.1 Å². The third kappa shape index (κ3) is 1.81. The molecule has 0 bridgehead atoms. The summed E-state index contributed by atoms with van der Waals surface area (Å²) < 4.78 is 0.365. The highest BCUT2D eigenvalue weighted by Gasteiger charge is 2.14. The van der Waals surface area contributed by atoms with Crippen LogP contribution >= 0.6 is 11.3 Å². The number of phenolic OH excluding ortho intramolecular Hbond substituents is 1. The Labute approximate surface area is 125 Å². The van der Waals surface area contributed by atoms with E-state index >= 15 is 0 Å². The van der Waals surface area contributed by atoms with E-state index in [0.717, 1.165) is 11.3 Å². The summed E-state index contributed by atoms with van der Waals surface area (Å²) in [7, 11) is 0. The lowest BCUT2D eigenvalue weighted by Gasteiger charge is -2.02. The summed E-state index contributed by atoms with van der Waals surface area (Å²) in [6, 6.07) is 6.76. The van der Waals surface area contributed by atoms with Gasteiger partial charge < -0.3 is 10.1 Å². The molecule has 0 spiro atoms. The number of para-hydroxylation sites is 1. The Bertz CT molecular complexity index is 1140. The van der Waals surface area contributed by atoms with Crippen molar-refractivity contribution < 1.29 is 5.11 Å². The first-order valence-corrected chi connectivity index (χ1v) is 7.15. The number of aromatic hydroxyl groups is 1. The zero-order valence-corrected chi connectivity index (χ0v) is 11.8. The van der Waals surface area contributed by atoms with Crippen LogP contribution in [0.5, 0.6) is 5.75 Å². The standard InChI is InChI=1S/C14H8N4O3S/c19-8-4-2-1-3-6(8)7-5-15-13-10(16-7)9-11(22-13)12(20)18-14(21)17-9/h1-5,19H,(H2,17,18,20,21). The predicted molar refractivity (Wildman–Crippen MR) is 83.3 cm³/mol. The molecule has 4 aromatic rings. The van der Waals surface area contributed by atoms with Crippen LogP contribution in [0.1, 0.15) is 0 Å². The van der Waals surface area contributed by atoms with Crippen molar-refractivity contribution in [2.24, 2.45) is 0 Å². The third-order valence-corrected chi connectivity index (χ3v) is 4.34. The van der Waals surface area contributed by atoms with Gasteiger partial charge in [0, 0.05) is 5.56 Å². The summed E-state index contributed by atoms with van der Waals surface area (Å²) in [6.07, 6.45) is 1.53. The topological polar surface area (TPSA) is 112 Å². The lowest BCUT2D eigenvalue weighted by atomic mass is 10.1. The van der Waals surface area contributed by atoms with Gasteiger partial charge in [-0.1, -0.05) is 12.1 Å². The van der Waals surface area contributed by atoms with Gasteiger partial charge in [0.05, 0.1) is 17.4 Å². The Hall–Kier alpha value is -3.00. The van der Waals surface area contributed by atoms with Gasteiger partial charge in [0.15, 0.2) is 0 Å². The Balaban J connectivity index is 2.09. The van der Waals surface area contributed by atoms with Gasteiger partial charge in [0.2, 0.25) is 0 Å². The first kappa shape index (κ1) is 12.7. The van der Waals surface area contributed by atoms with Crippen LogP contribution in [0.2, 0.25) is 0 Å². The molecule has 0 amide bonds. The summed E-state index contributed by atoms with van der Waals surface area (Å²) in [5, 5.41) is 9.91. The summed E-state index contributed by atoms with van der Waals surface area (Å²) in [5.41, 5.74) is 0.733. The zero-order valence-electron chi connectivity index (χ0n) is 11.0. The molecule has 108 valence electrons. The number of fused-ring (bicyclic) bond motifs is 3. The van der Waals surface area contributed by atoms with Gasteiger partial charge in [-0.3, -0.25) is 9.78 Å². The van der Waals surface area contributed by atoms with Gasteiger partial charge in [-0.05, 0) is 12.1 Å². The summed E-state index contributed by atoms with van der Waals surface area (Å²) in [5.74, 6) is 0.0852. The number of hydrogen-bond donors (Lipinski definition) is 3. The zero-order chi connectivity index (χ0) is 15.3. The van der Waals surface area contributed by atoms with E-state index in [1.54, 1.807) is 24.3 Å². The van der Waals surface area contributed by atoms with Crippen LogP contribution in [0.3, 0.4) is 0 Å². The molecular weight excluding hydrogens is 304 g/mol. The molecule has 7 nitrogen and oxygen atoms in total. The molecule has 8 heteroatoms. The fourth-order valence-corrected chi connectivity index (χ4v) is 3.21. The number of nitrogens with zero attached hydrogens (tertiary/aromatic N) is 2. The molecule has 0 aliphatic rings. The molecule has 1 aromatic carbocycles. The number of benzene rings is 1. The van der Waals surface area contributed by atoms with Crippen molar-refractivity contribution in [3.63, 3.8) is 0 Å². The van der Waals surface area contributed by atoms with Gasteiger partial charge >= 0.3 is 5.69 Å². The summed E-state index contributed by atoms with van der Waals surface area (Å²) >= 11 is 1.16. The van der Waals surface area contributed by atoms with Gasteiger partial charge in [-0.25, -0.2) is 14.8 Å². The molecule has 3 heterocycles. The molecule has 0 saturated heterocycles. The van der Waals surface area contributed by atoms with Crippen LogP contribution < -0.4 is 11.2 Å². The SMILES string of the molecule is O=c1[nH]c(=O)c2sc3ncc(-c4ccccc4O)nc3c2[nH]1. The van der Waals surface area contributed by atoms with Crippen LogP contribution in [-0.2, 0) is 0 Å². The quantitative estimate of drug-likeness (QED) is 0.494. The van der Waals surface area contributed by atoms with Crippen molar-refractivity contribution in [3.05, 3.63) is 51.3 Å². The lowest BCUT2D eigenvalue weighted by molar-refractivity contribution is 0.477. The maximum Gasteiger partial charge on any atom is 0.326 e. The number of H-pyrrole nitrogens is 2. The van der Waals surface area contributed by atoms with Crippen molar-refractivity contribution in [2.75, 3.05) is 0 Å². The average Bonchev–Trinajstić information content (AvgIpc) is 2.86. The van der Waals surface area contributed by atoms with Crippen LogP contribution in [0, 0.1) is 0 Å². The Kier molecular flexibility index (Phi) is 2.60. The largest absolute Gasteiger partial charge is 0.507 e. The normalized spacial score (nSPS) is 11.3. The molecule has 0 atom stereocenters. The van der Waals surface area contributed by atoms with Crippen molar-refractivity contribution >= 4 is 31.9 Å². The molecule has 0 aliphatic carbocycles. The molecule has 0 fully saturated rings. The molecule has 0 saturated carbocycles. The van der Waals surface area contributed by atoms with E-state index in [1.165, 1.54) is 6.20 Å². The van der Waals surface area contributed by atoms with Gasteiger partial charge in [-0.15, -0.1) is 11.3 Å². The first-order chi connectivity index (χ1) is 10.6. The predicted octanol–water partition coefficient (Wildman–Crippen LogP) is 1.59. The number of thiophene rings is 1. The minimum atomic E-state index is -0.591.